The second-order valence-electron chi connectivity index (χ2n) is 10.1. The van der Waals surface area contributed by atoms with Gasteiger partial charge in [0.2, 0.25) is 0 Å². The Balaban J connectivity index is 1.21. The second-order valence-corrected chi connectivity index (χ2v) is 10.1. The number of carbonyl (C=O) groups is 3. The van der Waals surface area contributed by atoms with E-state index in [9.17, 15) is 14.4 Å². The molecule has 0 aliphatic carbocycles. The Labute approximate surface area is 225 Å². The minimum Gasteiger partial charge on any atom is -0.444 e. The van der Waals surface area contributed by atoms with Gasteiger partial charge in [-0.15, -0.1) is 0 Å². The highest BCUT2D eigenvalue weighted by Crippen LogP contribution is 2.30. The maximum atomic E-state index is 15.1. The molecule has 3 aliphatic rings. The highest BCUT2D eigenvalue weighted by molar-refractivity contribution is 5.90. The van der Waals surface area contributed by atoms with Crippen molar-refractivity contribution in [2.75, 3.05) is 36.0 Å². The summed E-state index contributed by atoms with van der Waals surface area (Å²) in [6, 6.07) is 8.05. The molecule has 206 valence electrons. The van der Waals surface area contributed by atoms with Gasteiger partial charge in [0.1, 0.15) is 29.9 Å². The predicted octanol–water partition coefficient (Wildman–Crippen LogP) is 3.33. The van der Waals surface area contributed by atoms with Crippen molar-refractivity contribution >= 4 is 35.6 Å². The van der Waals surface area contributed by atoms with Crippen molar-refractivity contribution in [3.05, 3.63) is 42.3 Å². The first-order valence-electron chi connectivity index (χ1n) is 12.8. The fourth-order valence-corrected chi connectivity index (χ4v) is 4.63. The highest BCUT2D eigenvalue weighted by atomic mass is 19.1. The Bertz CT molecular complexity index is 1300. The quantitative estimate of drug-likeness (QED) is 0.527. The SMILES string of the molecule is CC(=O)CC[C@H]1CN(c2ccc(-c3ccc(N4C=NN(C(=O)C5COC(C)(C)O5)CC4)nc3)c(F)c2)C(=O)O1. The zero-order chi connectivity index (χ0) is 27.7. The van der Waals surface area contributed by atoms with E-state index in [1.807, 2.05) is 0 Å². The van der Waals surface area contributed by atoms with E-state index in [-0.39, 0.29) is 24.8 Å². The summed E-state index contributed by atoms with van der Waals surface area (Å²) in [5.41, 5.74) is 1.29. The molecule has 1 aromatic heterocycles. The lowest BCUT2D eigenvalue weighted by Gasteiger charge is -2.29. The maximum Gasteiger partial charge on any atom is 0.414 e. The number of cyclic esters (lactones) is 1. The number of ether oxygens (including phenoxy) is 3. The third-order valence-electron chi connectivity index (χ3n) is 6.73. The number of ketones is 1. The van der Waals surface area contributed by atoms with Gasteiger partial charge in [0.15, 0.2) is 11.9 Å². The van der Waals surface area contributed by atoms with Gasteiger partial charge >= 0.3 is 6.09 Å². The number of Topliss-reactive ketones (excluding diaryl/α,β-unsaturated/α-hetero) is 1. The summed E-state index contributed by atoms with van der Waals surface area (Å²) < 4.78 is 31.5. The number of hydrogen-bond donors (Lipinski definition) is 0. The number of hydrogen-bond acceptors (Lipinski definition) is 9. The fraction of sp³-hybridized carbons (Fsp3) is 0.444. The van der Waals surface area contributed by atoms with Crippen LogP contribution in [-0.2, 0) is 23.8 Å². The van der Waals surface area contributed by atoms with Crippen LogP contribution in [0.5, 0.6) is 0 Å². The Morgan fingerprint density at radius 1 is 1.18 bits per heavy atom. The largest absolute Gasteiger partial charge is 0.444 e. The van der Waals surface area contributed by atoms with Crippen molar-refractivity contribution in [1.82, 2.24) is 9.99 Å². The number of anilines is 2. The zero-order valence-electron chi connectivity index (χ0n) is 22.0. The third-order valence-corrected chi connectivity index (χ3v) is 6.73. The summed E-state index contributed by atoms with van der Waals surface area (Å²) in [5.74, 6) is -0.926. The zero-order valence-corrected chi connectivity index (χ0v) is 22.0. The number of nitrogens with zero attached hydrogens (tertiary/aromatic N) is 5. The molecule has 0 saturated carbocycles. The lowest BCUT2D eigenvalue weighted by atomic mass is 10.1. The van der Waals surface area contributed by atoms with Crippen LogP contribution in [0.25, 0.3) is 11.1 Å². The van der Waals surface area contributed by atoms with Crippen molar-refractivity contribution in [2.24, 2.45) is 5.10 Å². The van der Waals surface area contributed by atoms with E-state index in [4.69, 9.17) is 14.2 Å². The molecule has 4 heterocycles. The molecule has 0 spiro atoms. The molecule has 2 aromatic rings. The van der Waals surface area contributed by atoms with Crippen LogP contribution >= 0.6 is 0 Å². The number of halogens is 1. The van der Waals surface area contributed by atoms with Gasteiger partial charge in [-0.25, -0.2) is 19.2 Å². The van der Waals surface area contributed by atoms with Gasteiger partial charge in [-0.1, -0.05) is 0 Å². The molecule has 1 aromatic carbocycles. The topological polar surface area (TPSA) is 114 Å². The highest BCUT2D eigenvalue weighted by Gasteiger charge is 2.39. The molecule has 3 aliphatic heterocycles. The normalized spacial score (nSPS) is 22.4. The summed E-state index contributed by atoms with van der Waals surface area (Å²) in [4.78, 5) is 43.8. The summed E-state index contributed by atoms with van der Waals surface area (Å²) in [5, 5.41) is 5.60. The fourth-order valence-electron chi connectivity index (χ4n) is 4.63. The Morgan fingerprint density at radius 2 is 2.00 bits per heavy atom. The van der Waals surface area contributed by atoms with E-state index in [1.165, 1.54) is 29.2 Å². The molecular formula is C27H30FN5O6. The van der Waals surface area contributed by atoms with Crippen LogP contribution in [0.15, 0.2) is 41.6 Å². The Morgan fingerprint density at radius 3 is 2.62 bits per heavy atom. The minimum absolute atomic E-state index is 0.0262. The molecule has 1 unspecified atom stereocenters. The first-order chi connectivity index (χ1) is 18.6. The van der Waals surface area contributed by atoms with Crippen molar-refractivity contribution < 1.29 is 33.0 Å². The van der Waals surface area contributed by atoms with Gasteiger partial charge < -0.3 is 23.9 Å². The van der Waals surface area contributed by atoms with Crippen molar-refractivity contribution in [3.8, 4) is 11.1 Å². The van der Waals surface area contributed by atoms with Crippen LogP contribution in [0.3, 0.4) is 0 Å². The van der Waals surface area contributed by atoms with E-state index in [0.717, 1.165) is 0 Å². The molecule has 2 atom stereocenters. The third kappa shape index (κ3) is 5.91. The minimum atomic E-state index is -0.794. The molecule has 2 saturated heterocycles. The molecule has 2 fully saturated rings. The van der Waals surface area contributed by atoms with Crippen molar-refractivity contribution in [3.63, 3.8) is 0 Å². The van der Waals surface area contributed by atoms with Gasteiger partial charge in [-0.3, -0.25) is 9.69 Å². The molecule has 0 N–H and O–H groups in total. The number of aromatic nitrogens is 1. The Hall–Kier alpha value is -3.90. The summed E-state index contributed by atoms with van der Waals surface area (Å²) in [7, 11) is 0. The number of amides is 2. The number of benzene rings is 1. The average molecular weight is 540 g/mol. The lowest BCUT2D eigenvalue weighted by molar-refractivity contribution is -0.160. The van der Waals surface area contributed by atoms with Gasteiger partial charge in [0.05, 0.1) is 25.4 Å². The summed E-state index contributed by atoms with van der Waals surface area (Å²) in [6.07, 6.45) is 2.20. The van der Waals surface area contributed by atoms with E-state index in [2.05, 4.69) is 10.1 Å². The summed E-state index contributed by atoms with van der Waals surface area (Å²) in [6.45, 7) is 6.28. The van der Waals surface area contributed by atoms with Gasteiger partial charge in [-0.2, -0.15) is 5.10 Å². The van der Waals surface area contributed by atoms with E-state index < -0.39 is 29.9 Å². The standard InChI is InChI=1S/C27H30FN5O6/c1-17(34)4-7-20-14-32(26(36)38-20)19-6-8-21(22(28)12-19)18-5-9-24(29-13-18)31-10-11-33(30-16-31)25(35)23-15-37-27(2,3)39-23/h5-6,8-9,12-13,16,20,23H,4,7,10-11,14-15H2,1-3H3/t20-,23?/m0/s1. The van der Waals surface area contributed by atoms with E-state index in [1.54, 1.807) is 49.2 Å². The molecule has 39 heavy (non-hydrogen) atoms. The van der Waals surface area contributed by atoms with Gasteiger partial charge in [0.25, 0.3) is 5.91 Å². The van der Waals surface area contributed by atoms with Crippen LogP contribution in [-0.4, -0.2) is 78.4 Å². The Kier molecular flexibility index (Phi) is 7.32. The first kappa shape index (κ1) is 26.7. The number of rotatable bonds is 7. The van der Waals surface area contributed by atoms with Crippen molar-refractivity contribution in [1.29, 1.82) is 0 Å². The molecule has 0 radical (unpaired) electrons. The first-order valence-corrected chi connectivity index (χ1v) is 12.8. The van der Waals surface area contributed by atoms with Crippen LogP contribution in [0.4, 0.5) is 20.7 Å². The second kappa shape index (κ2) is 10.7. The van der Waals surface area contributed by atoms with E-state index >= 15 is 4.39 Å². The summed E-state index contributed by atoms with van der Waals surface area (Å²) >= 11 is 0. The molecule has 0 bridgehead atoms. The van der Waals surface area contributed by atoms with E-state index in [0.29, 0.717) is 48.6 Å². The molecule has 5 rings (SSSR count). The van der Waals surface area contributed by atoms with Crippen LogP contribution in [0.1, 0.15) is 33.6 Å². The molecule has 11 nitrogen and oxygen atoms in total. The molecule has 12 heteroatoms. The monoisotopic (exact) mass is 539 g/mol. The van der Waals surface area contributed by atoms with Crippen LogP contribution in [0.2, 0.25) is 0 Å². The van der Waals surface area contributed by atoms with Crippen molar-refractivity contribution in [2.45, 2.75) is 51.6 Å². The molecule has 2 amide bonds. The molecular weight excluding hydrogens is 509 g/mol. The predicted molar refractivity (Wildman–Crippen MR) is 140 cm³/mol. The van der Waals surface area contributed by atoms with Crippen LogP contribution < -0.4 is 9.80 Å². The smallest absolute Gasteiger partial charge is 0.414 e. The lowest BCUT2D eigenvalue weighted by Crippen LogP contribution is -2.45. The number of hydrazone groups is 1. The number of pyridine rings is 1. The maximum absolute atomic E-state index is 15.1. The number of carbonyl (C=O) groups excluding carboxylic acids is 3. The van der Waals surface area contributed by atoms with Gasteiger partial charge in [-0.05, 0) is 57.5 Å². The van der Waals surface area contributed by atoms with Crippen LogP contribution in [0, 0.1) is 5.82 Å². The average Bonchev–Trinajstić information content (AvgIpc) is 3.48. The van der Waals surface area contributed by atoms with Gasteiger partial charge in [0, 0.05) is 30.3 Å².